The second-order valence-corrected chi connectivity index (χ2v) is 6.12. The van der Waals surface area contributed by atoms with E-state index in [4.69, 9.17) is 0 Å². The van der Waals surface area contributed by atoms with Crippen molar-refractivity contribution in [3.05, 3.63) is 83.3 Å². The highest BCUT2D eigenvalue weighted by Gasteiger charge is 2.15. The molecule has 0 unspecified atom stereocenters. The third-order valence-corrected chi connectivity index (χ3v) is 4.57. The highest BCUT2D eigenvalue weighted by Crippen LogP contribution is 2.40. The van der Waals surface area contributed by atoms with Crippen LogP contribution in [0, 0.1) is 0 Å². The second-order valence-electron chi connectivity index (χ2n) is 5.27. The van der Waals surface area contributed by atoms with Crippen LogP contribution in [0.25, 0.3) is 33.3 Å². The van der Waals surface area contributed by atoms with E-state index in [1.54, 1.807) is 0 Å². The molecule has 0 fully saturated rings. The summed E-state index contributed by atoms with van der Waals surface area (Å²) in [5.41, 5.74) is 5.98. The van der Waals surface area contributed by atoms with Gasteiger partial charge in [0.1, 0.15) is 0 Å². The van der Waals surface area contributed by atoms with Crippen molar-refractivity contribution in [2.45, 2.75) is 0 Å². The number of hydrogen-bond acceptors (Lipinski definition) is 0. The second kappa shape index (κ2) is 5.47. The lowest BCUT2D eigenvalue weighted by molar-refractivity contribution is 1.44. The Morgan fingerprint density at radius 1 is 0.636 bits per heavy atom. The van der Waals surface area contributed by atoms with Crippen LogP contribution in [-0.4, -0.2) is 4.98 Å². The number of aromatic amines is 1. The zero-order valence-electron chi connectivity index (χ0n) is 11.9. The van der Waals surface area contributed by atoms with Gasteiger partial charge in [-0.15, -0.1) is 0 Å². The Bertz CT molecular complexity index is 924. The summed E-state index contributed by atoms with van der Waals surface area (Å²) in [5.74, 6) is 0. The monoisotopic (exact) mass is 347 g/mol. The van der Waals surface area contributed by atoms with E-state index in [9.17, 15) is 0 Å². The maximum Gasteiger partial charge on any atom is 0.0609 e. The van der Waals surface area contributed by atoms with Crippen molar-refractivity contribution >= 4 is 26.8 Å². The molecule has 106 valence electrons. The molecule has 0 amide bonds. The van der Waals surface area contributed by atoms with Gasteiger partial charge in [0.05, 0.1) is 11.2 Å². The zero-order valence-corrected chi connectivity index (χ0v) is 13.5. The largest absolute Gasteiger partial charge is 0.353 e. The van der Waals surface area contributed by atoms with Crippen molar-refractivity contribution < 1.29 is 0 Å². The van der Waals surface area contributed by atoms with Crippen LogP contribution in [0.2, 0.25) is 0 Å². The van der Waals surface area contributed by atoms with E-state index in [0.717, 1.165) is 15.7 Å². The summed E-state index contributed by atoms with van der Waals surface area (Å²) in [5, 5.41) is 1.24. The van der Waals surface area contributed by atoms with Gasteiger partial charge in [0.15, 0.2) is 0 Å². The third kappa shape index (κ3) is 2.16. The number of para-hydroxylation sites is 1. The summed E-state index contributed by atoms with van der Waals surface area (Å²) in [7, 11) is 0. The van der Waals surface area contributed by atoms with Crippen LogP contribution in [0.1, 0.15) is 0 Å². The van der Waals surface area contributed by atoms with E-state index in [2.05, 4.69) is 93.7 Å². The number of benzene rings is 3. The zero-order chi connectivity index (χ0) is 14.9. The van der Waals surface area contributed by atoms with Crippen LogP contribution in [0.15, 0.2) is 83.3 Å². The number of H-pyrrole nitrogens is 1. The minimum Gasteiger partial charge on any atom is -0.353 e. The molecule has 2 heteroatoms. The fourth-order valence-electron chi connectivity index (χ4n) is 2.91. The average Bonchev–Trinajstić information content (AvgIpc) is 2.97. The van der Waals surface area contributed by atoms with Gasteiger partial charge in [-0.05, 0) is 33.1 Å². The van der Waals surface area contributed by atoms with Crippen molar-refractivity contribution in [1.82, 2.24) is 4.98 Å². The topological polar surface area (TPSA) is 15.8 Å². The lowest BCUT2D eigenvalue weighted by atomic mass is 9.98. The predicted molar refractivity (Wildman–Crippen MR) is 96.9 cm³/mol. The molecule has 0 radical (unpaired) electrons. The van der Waals surface area contributed by atoms with E-state index in [-0.39, 0.29) is 0 Å². The Balaban J connectivity index is 2.10. The molecule has 0 spiro atoms. The molecule has 1 heterocycles. The molecule has 0 atom stereocenters. The van der Waals surface area contributed by atoms with Crippen molar-refractivity contribution in [2.75, 3.05) is 0 Å². The van der Waals surface area contributed by atoms with Crippen molar-refractivity contribution in [2.24, 2.45) is 0 Å². The fraction of sp³-hybridized carbons (Fsp3) is 0. The summed E-state index contributed by atoms with van der Waals surface area (Å²) >= 11 is 3.66. The normalized spacial score (nSPS) is 11.0. The molecule has 3 aromatic carbocycles. The Hall–Kier alpha value is -2.32. The molecule has 1 N–H and O–H groups in total. The van der Waals surface area contributed by atoms with Gasteiger partial charge in [0.2, 0.25) is 0 Å². The van der Waals surface area contributed by atoms with Gasteiger partial charge < -0.3 is 4.98 Å². The Labute approximate surface area is 137 Å². The molecule has 4 rings (SSSR count). The van der Waals surface area contributed by atoms with Crippen LogP contribution in [0.4, 0.5) is 0 Å². The van der Waals surface area contributed by atoms with Crippen LogP contribution in [0.3, 0.4) is 0 Å². The molecular formula is C20H14BrN. The molecule has 0 aliphatic rings. The number of halogens is 1. The first-order chi connectivity index (χ1) is 10.8. The fourth-order valence-corrected chi connectivity index (χ4v) is 3.37. The van der Waals surface area contributed by atoms with Crippen LogP contribution in [-0.2, 0) is 0 Å². The summed E-state index contributed by atoms with van der Waals surface area (Å²) in [6, 6.07) is 27.4. The summed E-state index contributed by atoms with van der Waals surface area (Å²) in [4.78, 5) is 3.60. The minimum atomic E-state index is 1.09. The molecule has 0 saturated carbocycles. The molecule has 22 heavy (non-hydrogen) atoms. The van der Waals surface area contributed by atoms with Crippen LogP contribution in [0.5, 0.6) is 0 Å². The van der Waals surface area contributed by atoms with Gasteiger partial charge in [-0.3, -0.25) is 0 Å². The molecule has 1 nitrogen and oxygen atoms in total. The van der Waals surface area contributed by atoms with E-state index >= 15 is 0 Å². The van der Waals surface area contributed by atoms with Gasteiger partial charge in [-0.25, -0.2) is 0 Å². The lowest BCUT2D eigenvalue weighted by Crippen LogP contribution is -1.82. The Morgan fingerprint density at radius 3 is 1.95 bits per heavy atom. The standard InChI is InChI=1S/C20H14BrN/c21-17-13-7-12-16-18(14-8-3-1-4-9-14)19(22-20(16)17)15-10-5-2-6-11-15/h1-13,22H. The molecule has 4 aromatic rings. The van der Waals surface area contributed by atoms with E-state index < -0.39 is 0 Å². The number of nitrogens with one attached hydrogen (secondary N) is 1. The number of aromatic nitrogens is 1. The minimum absolute atomic E-state index is 1.09. The van der Waals surface area contributed by atoms with Gasteiger partial charge in [-0.1, -0.05) is 72.8 Å². The first kappa shape index (κ1) is 13.4. The maximum atomic E-state index is 3.66. The van der Waals surface area contributed by atoms with Crippen molar-refractivity contribution in [3.63, 3.8) is 0 Å². The maximum absolute atomic E-state index is 3.66. The van der Waals surface area contributed by atoms with Crippen molar-refractivity contribution in [1.29, 1.82) is 0 Å². The average molecular weight is 348 g/mol. The Morgan fingerprint density at radius 2 is 1.27 bits per heavy atom. The SMILES string of the molecule is Brc1cccc2c(-c3ccccc3)c(-c3ccccc3)[nH]c12. The predicted octanol–water partition coefficient (Wildman–Crippen LogP) is 6.26. The van der Waals surface area contributed by atoms with Crippen molar-refractivity contribution in [3.8, 4) is 22.4 Å². The summed E-state index contributed by atoms with van der Waals surface area (Å²) in [6.07, 6.45) is 0. The van der Waals surface area contributed by atoms with Gasteiger partial charge in [-0.2, -0.15) is 0 Å². The van der Waals surface area contributed by atoms with E-state index in [1.165, 1.54) is 22.1 Å². The quantitative estimate of drug-likeness (QED) is 0.440. The number of hydrogen-bond donors (Lipinski definition) is 1. The van der Waals surface area contributed by atoms with Crippen LogP contribution < -0.4 is 0 Å². The highest BCUT2D eigenvalue weighted by molar-refractivity contribution is 9.10. The smallest absolute Gasteiger partial charge is 0.0609 e. The number of fused-ring (bicyclic) bond motifs is 1. The van der Waals surface area contributed by atoms with Gasteiger partial charge >= 0.3 is 0 Å². The summed E-state index contributed by atoms with van der Waals surface area (Å²) in [6.45, 7) is 0. The molecule has 0 bridgehead atoms. The van der Waals surface area contributed by atoms with Gasteiger partial charge in [0.25, 0.3) is 0 Å². The number of rotatable bonds is 2. The molecule has 1 aromatic heterocycles. The Kier molecular flexibility index (Phi) is 3.32. The molecule has 0 saturated heterocycles. The first-order valence-electron chi connectivity index (χ1n) is 7.25. The highest BCUT2D eigenvalue weighted by atomic mass is 79.9. The van der Waals surface area contributed by atoms with E-state index in [1.807, 2.05) is 6.07 Å². The van der Waals surface area contributed by atoms with Gasteiger partial charge in [0, 0.05) is 15.4 Å². The third-order valence-electron chi connectivity index (χ3n) is 3.91. The van der Waals surface area contributed by atoms with E-state index in [0.29, 0.717) is 0 Å². The molecule has 0 aliphatic heterocycles. The first-order valence-corrected chi connectivity index (χ1v) is 8.05. The van der Waals surface area contributed by atoms with Crippen LogP contribution >= 0.6 is 15.9 Å². The summed E-state index contributed by atoms with van der Waals surface area (Å²) < 4.78 is 1.09. The molecular weight excluding hydrogens is 334 g/mol. The molecule has 0 aliphatic carbocycles. The lowest BCUT2D eigenvalue weighted by Gasteiger charge is -2.05.